The molecule has 0 unspecified atom stereocenters. The van der Waals surface area contributed by atoms with Gasteiger partial charge >= 0.3 is 0 Å². The Morgan fingerprint density at radius 3 is 2.73 bits per heavy atom. The van der Waals surface area contributed by atoms with Gasteiger partial charge in [-0.25, -0.2) is 0 Å². The first-order valence-electron chi connectivity index (χ1n) is 5.80. The SMILES string of the molecule is CC(C)OCCNCCC(=O)NC1CC1. The van der Waals surface area contributed by atoms with Crippen LogP contribution in [0.2, 0.25) is 0 Å². The molecule has 0 spiro atoms. The summed E-state index contributed by atoms with van der Waals surface area (Å²) in [4.78, 5) is 11.3. The molecule has 0 aromatic carbocycles. The van der Waals surface area contributed by atoms with Gasteiger partial charge in [0.1, 0.15) is 0 Å². The summed E-state index contributed by atoms with van der Waals surface area (Å²) in [5.74, 6) is 0.162. The fourth-order valence-corrected chi connectivity index (χ4v) is 1.22. The molecule has 0 aliphatic heterocycles. The first kappa shape index (κ1) is 12.5. The number of hydrogen-bond donors (Lipinski definition) is 2. The lowest BCUT2D eigenvalue weighted by molar-refractivity contribution is -0.121. The molecule has 0 heterocycles. The van der Waals surface area contributed by atoms with Crippen LogP contribution in [0, 0.1) is 0 Å². The van der Waals surface area contributed by atoms with Crippen LogP contribution >= 0.6 is 0 Å². The molecule has 0 radical (unpaired) electrons. The minimum absolute atomic E-state index is 0.162. The maximum absolute atomic E-state index is 11.3. The lowest BCUT2D eigenvalue weighted by atomic mass is 10.4. The summed E-state index contributed by atoms with van der Waals surface area (Å²) >= 11 is 0. The fraction of sp³-hybridized carbons (Fsp3) is 0.909. The normalized spacial score (nSPS) is 15.7. The van der Waals surface area contributed by atoms with Crippen molar-refractivity contribution in [2.45, 2.75) is 45.3 Å². The summed E-state index contributed by atoms with van der Waals surface area (Å²) in [5, 5.41) is 6.13. The van der Waals surface area contributed by atoms with Gasteiger partial charge in [-0.05, 0) is 26.7 Å². The maximum atomic E-state index is 11.3. The van der Waals surface area contributed by atoms with Crippen LogP contribution < -0.4 is 10.6 Å². The average Bonchev–Trinajstić information content (AvgIpc) is 2.94. The zero-order valence-corrected chi connectivity index (χ0v) is 9.71. The van der Waals surface area contributed by atoms with Gasteiger partial charge < -0.3 is 15.4 Å². The molecule has 1 fully saturated rings. The summed E-state index contributed by atoms with van der Waals surface area (Å²) in [6.45, 7) is 6.29. The molecule has 0 bridgehead atoms. The first-order valence-corrected chi connectivity index (χ1v) is 5.80. The highest BCUT2D eigenvalue weighted by Crippen LogP contribution is 2.18. The first-order chi connectivity index (χ1) is 7.18. The Hall–Kier alpha value is -0.610. The Morgan fingerprint density at radius 2 is 2.13 bits per heavy atom. The van der Waals surface area contributed by atoms with E-state index in [1.807, 2.05) is 13.8 Å². The molecule has 0 atom stereocenters. The quantitative estimate of drug-likeness (QED) is 0.584. The van der Waals surface area contributed by atoms with Gasteiger partial charge in [-0.3, -0.25) is 4.79 Å². The van der Waals surface area contributed by atoms with Gasteiger partial charge in [-0.1, -0.05) is 0 Å². The fourth-order valence-electron chi connectivity index (χ4n) is 1.22. The topological polar surface area (TPSA) is 50.4 Å². The van der Waals surface area contributed by atoms with E-state index in [-0.39, 0.29) is 12.0 Å². The van der Waals surface area contributed by atoms with E-state index in [0.29, 0.717) is 19.1 Å². The zero-order valence-electron chi connectivity index (χ0n) is 9.71. The van der Waals surface area contributed by atoms with Crippen molar-refractivity contribution in [3.05, 3.63) is 0 Å². The van der Waals surface area contributed by atoms with Gasteiger partial charge in [0.25, 0.3) is 0 Å². The maximum Gasteiger partial charge on any atom is 0.221 e. The van der Waals surface area contributed by atoms with Gasteiger partial charge in [-0.15, -0.1) is 0 Å². The van der Waals surface area contributed by atoms with E-state index in [4.69, 9.17) is 4.74 Å². The van der Waals surface area contributed by atoms with Crippen LogP contribution in [0.25, 0.3) is 0 Å². The summed E-state index contributed by atoms with van der Waals surface area (Å²) in [5.41, 5.74) is 0. The zero-order chi connectivity index (χ0) is 11.1. The number of amides is 1. The molecule has 1 aliphatic carbocycles. The molecule has 1 amide bonds. The number of ether oxygens (including phenoxy) is 1. The summed E-state index contributed by atoms with van der Waals surface area (Å²) in [6, 6.07) is 0.474. The molecular formula is C11H22N2O2. The molecule has 2 N–H and O–H groups in total. The van der Waals surface area contributed by atoms with Gasteiger partial charge in [0, 0.05) is 25.6 Å². The third kappa shape index (κ3) is 7.33. The smallest absolute Gasteiger partial charge is 0.221 e. The molecule has 0 aromatic rings. The highest BCUT2D eigenvalue weighted by molar-refractivity contribution is 5.76. The molecular weight excluding hydrogens is 192 g/mol. The summed E-state index contributed by atoms with van der Waals surface area (Å²) in [7, 11) is 0. The van der Waals surface area contributed by atoms with Crippen LogP contribution in [0.5, 0.6) is 0 Å². The Labute approximate surface area is 91.8 Å². The number of carbonyl (C=O) groups is 1. The van der Waals surface area contributed by atoms with Crippen molar-refractivity contribution >= 4 is 5.91 Å². The predicted molar refractivity (Wildman–Crippen MR) is 59.7 cm³/mol. The predicted octanol–water partition coefficient (Wildman–Crippen LogP) is 0.670. The van der Waals surface area contributed by atoms with Gasteiger partial charge in [0.2, 0.25) is 5.91 Å². The van der Waals surface area contributed by atoms with Gasteiger partial charge in [0.05, 0.1) is 12.7 Å². The number of carbonyl (C=O) groups excluding carboxylic acids is 1. The second-order valence-corrected chi connectivity index (χ2v) is 4.26. The van der Waals surface area contributed by atoms with Crippen LogP contribution in [-0.4, -0.2) is 37.7 Å². The van der Waals surface area contributed by atoms with Crippen LogP contribution in [-0.2, 0) is 9.53 Å². The highest BCUT2D eigenvalue weighted by atomic mass is 16.5. The van der Waals surface area contributed by atoms with Crippen molar-refractivity contribution in [1.82, 2.24) is 10.6 Å². The van der Waals surface area contributed by atoms with Gasteiger partial charge in [0.15, 0.2) is 0 Å². The van der Waals surface area contributed by atoms with Crippen molar-refractivity contribution in [2.75, 3.05) is 19.7 Å². The van der Waals surface area contributed by atoms with Crippen LogP contribution in [0.4, 0.5) is 0 Å². The Morgan fingerprint density at radius 1 is 1.40 bits per heavy atom. The Kier molecular flexibility index (Phi) is 5.65. The Balaban J connectivity index is 1.81. The highest BCUT2D eigenvalue weighted by Gasteiger charge is 2.22. The molecule has 0 saturated heterocycles. The largest absolute Gasteiger partial charge is 0.377 e. The van der Waals surface area contributed by atoms with Crippen molar-refractivity contribution in [3.8, 4) is 0 Å². The average molecular weight is 214 g/mol. The van der Waals surface area contributed by atoms with Crippen molar-refractivity contribution in [3.63, 3.8) is 0 Å². The molecule has 4 nitrogen and oxygen atoms in total. The van der Waals surface area contributed by atoms with E-state index in [0.717, 1.165) is 25.9 Å². The molecule has 15 heavy (non-hydrogen) atoms. The molecule has 1 saturated carbocycles. The second kappa shape index (κ2) is 6.80. The third-order valence-electron chi connectivity index (χ3n) is 2.20. The van der Waals surface area contributed by atoms with Crippen LogP contribution in [0.1, 0.15) is 33.1 Å². The van der Waals surface area contributed by atoms with Crippen molar-refractivity contribution < 1.29 is 9.53 Å². The van der Waals surface area contributed by atoms with E-state index >= 15 is 0 Å². The molecule has 0 aromatic heterocycles. The molecule has 88 valence electrons. The lowest BCUT2D eigenvalue weighted by Gasteiger charge is -2.08. The van der Waals surface area contributed by atoms with Crippen LogP contribution in [0.15, 0.2) is 0 Å². The van der Waals surface area contributed by atoms with Crippen LogP contribution in [0.3, 0.4) is 0 Å². The molecule has 1 aliphatic rings. The van der Waals surface area contributed by atoms with E-state index in [2.05, 4.69) is 10.6 Å². The number of rotatable bonds is 8. The van der Waals surface area contributed by atoms with E-state index in [1.165, 1.54) is 0 Å². The van der Waals surface area contributed by atoms with Crippen molar-refractivity contribution in [2.24, 2.45) is 0 Å². The van der Waals surface area contributed by atoms with E-state index in [9.17, 15) is 4.79 Å². The van der Waals surface area contributed by atoms with E-state index < -0.39 is 0 Å². The molecule has 4 heteroatoms. The van der Waals surface area contributed by atoms with E-state index in [1.54, 1.807) is 0 Å². The minimum Gasteiger partial charge on any atom is -0.377 e. The lowest BCUT2D eigenvalue weighted by Crippen LogP contribution is -2.30. The number of nitrogens with one attached hydrogen (secondary N) is 2. The monoisotopic (exact) mass is 214 g/mol. The minimum atomic E-state index is 0.162. The standard InChI is InChI=1S/C11H22N2O2/c1-9(2)15-8-7-12-6-5-11(14)13-10-3-4-10/h9-10,12H,3-8H2,1-2H3,(H,13,14). The third-order valence-corrected chi connectivity index (χ3v) is 2.20. The summed E-state index contributed by atoms with van der Waals surface area (Å²) in [6.07, 6.45) is 3.16. The van der Waals surface area contributed by atoms with Crippen molar-refractivity contribution in [1.29, 1.82) is 0 Å². The van der Waals surface area contributed by atoms with Gasteiger partial charge in [-0.2, -0.15) is 0 Å². The Bertz CT molecular complexity index is 191. The number of hydrogen-bond acceptors (Lipinski definition) is 3. The summed E-state index contributed by atoms with van der Waals surface area (Å²) < 4.78 is 5.36. The molecule has 1 rings (SSSR count). The second-order valence-electron chi connectivity index (χ2n) is 4.26.